The third kappa shape index (κ3) is 3.25. The van der Waals surface area contributed by atoms with Crippen LogP contribution in [0.25, 0.3) is 0 Å². The molecule has 0 bridgehead atoms. The summed E-state index contributed by atoms with van der Waals surface area (Å²) in [6.45, 7) is 8.95. The highest BCUT2D eigenvalue weighted by atomic mass is 16.2. The van der Waals surface area contributed by atoms with Gasteiger partial charge in [0.05, 0.1) is 17.4 Å². The molecule has 2 rings (SSSR count). The van der Waals surface area contributed by atoms with Crippen molar-refractivity contribution >= 4 is 11.6 Å². The molecule has 0 aromatic carbocycles. The van der Waals surface area contributed by atoms with Crippen LogP contribution in [0.1, 0.15) is 44.0 Å². The zero-order valence-electron chi connectivity index (χ0n) is 12.1. The lowest BCUT2D eigenvalue weighted by Gasteiger charge is -2.38. The summed E-state index contributed by atoms with van der Waals surface area (Å²) < 4.78 is 0. The molecule has 0 spiro atoms. The Morgan fingerprint density at radius 1 is 1.53 bits per heavy atom. The smallest absolute Gasteiger partial charge is 0.256 e. The number of carbonyl (C=O) groups excluding carboxylic acids is 1. The molecule has 4 heteroatoms. The van der Waals surface area contributed by atoms with Gasteiger partial charge >= 0.3 is 0 Å². The van der Waals surface area contributed by atoms with Crippen molar-refractivity contribution < 1.29 is 4.79 Å². The molecule has 1 N–H and O–H groups in total. The van der Waals surface area contributed by atoms with E-state index in [9.17, 15) is 4.79 Å². The van der Waals surface area contributed by atoms with Gasteiger partial charge in [-0.05, 0) is 31.2 Å². The van der Waals surface area contributed by atoms with Crippen molar-refractivity contribution in [2.75, 3.05) is 25.0 Å². The normalized spacial score (nSPS) is 18.2. The molecule has 0 saturated carbocycles. The van der Waals surface area contributed by atoms with E-state index < -0.39 is 0 Å². The van der Waals surface area contributed by atoms with Crippen LogP contribution in [0.3, 0.4) is 0 Å². The number of hydrogen-bond donors (Lipinski definition) is 1. The van der Waals surface area contributed by atoms with Crippen LogP contribution >= 0.6 is 0 Å². The number of pyridine rings is 1. The number of hydrogen-bond acceptors (Lipinski definition) is 3. The number of carbonyl (C=O) groups is 1. The highest BCUT2D eigenvalue weighted by molar-refractivity contribution is 5.99. The standard InChI is InChI=1S/C15H23N3O/c1-4-17-13-10-16-8-6-12(13)14(19)18-9-5-7-15(2,3)11-18/h6,8,10,17H,4-5,7,9,11H2,1-3H3. The van der Waals surface area contributed by atoms with Crippen molar-refractivity contribution in [3.05, 3.63) is 24.0 Å². The SMILES string of the molecule is CCNc1cnccc1C(=O)N1CCCC(C)(C)C1. The summed E-state index contributed by atoms with van der Waals surface area (Å²) in [4.78, 5) is 18.7. The maximum Gasteiger partial charge on any atom is 0.256 e. The van der Waals surface area contributed by atoms with Gasteiger partial charge in [0.25, 0.3) is 5.91 Å². The molecular formula is C15H23N3O. The lowest BCUT2D eigenvalue weighted by atomic mass is 9.84. The molecule has 0 unspecified atom stereocenters. The first kappa shape index (κ1) is 13.8. The predicted octanol–water partition coefficient (Wildman–Crippen LogP) is 2.78. The first-order valence-electron chi connectivity index (χ1n) is 7.01. The topological polar surface area (TPSA) is 45.2 Å². The molecule has 1 aliphatic rings. The Bertz CT molecular complexity index is 456. The third-order valence-electron chi connectivity index (χ3n) is 3.61. The fraction of sp³-hybridized carbons (Fsp3) is 0.600. The van der Waals surface area contributed by atoms with Crippen LogP contribution in [0, 0.1) is 5.41 Å². The number of nitrogens with zero attached hydrogens (tertiary/aromatic N) is 2. The molecule has 1 aliphatic heterocycles. The van der Waals surface area contributed by atoms with Gasteiger partial charge in [0.2, 0.25) is 0 Å². The minimum absolute atomic E-state index is 0.117. The lowest BCUT2D eigenvalue weighted by Crippen LogP contribution is -2.43. The molecule has 0 atom stereocenters. The first-order chi connectivity index (χ1) is 9.03. The van der Waals surface area contributed by atoms with Crippen LogP contribution in [0.15, 0.2) is 18.5 Å². The Balaban J connectivity index is 2.19. The minimum atomic E-state index is 0.117. The van der Waals surface area contributed by atoms with Crippen LogP contribution in [0.4, 0.5) is 5.69 Å². The number of amides is 1. The minimum Gasteiger partial charge on any atom is -0.383 e. The predicted molar refractivity (Wildman–Crippen MR) is 77.3 cm³/mol. The summed E-state index contributed by atoms with van der Waals surface area (Å²) in [5, 5.41) is 3.21. The number of rotatable bonds is 3. The molecule has 1 fully saturated rings. The molecule has 19 heavy (non-hydrogen) atoms. The molecule has 104 valence electrons. The maximum absolute atomic E-state index is 12.6. The summed E-state index contributed by atoms with van der Waals surface area (Å²) in [6, 6.07) is 1.81. The third-order valence-corrected chi connectivity index (χ3v) is 3.61. The van der Waals surface area contributed by atoms with Gasteiger partial charge in [-0.2, -0.15) is 0 Å². The van der Waals surface area contributed by atoms with Gasteiger partial charge in [0.15, 0.2) is 0 Å². The second kappa shape index (κ2) is 5.59. The molecule has 1 aromatic heterocycles. The number of piperidine rings is 1. The fourth-order valence-corrected chi connectivity index (χ4v) is 2.68. The number of likely N-dealkylation sites (tertiary alicyclic amines) is 1. The first-order valence-corrected chi connectivity index (χ1v) is 7.01. The Kier molecular flexibility index (Phi) is 4.08. The number of anilines is 1. The molecule has 1 amide bonds. The lowest BCUT2D eigenvalue weighted by molar-refractivity contribution is 0.0584. The Hall–Kier alpha value is -1.58. The van der Waals surface area contributed by atoms with Gasteiger partial charge in [-0.15, -0.1) is 0 Å². The molecule has 0 aliphatic carbocycles. The Morgan fingerprint density at radius 2 is 2.32 bits per heavy atom. The van der Waals surface area contributed by atoms with E-state index in [0.717, 1.165) is 37.3 Å². The van der Waals surface area contributed by atoms with E-state index in [1.807, 2.05) is 17.9 Å². The van der Waals surface area contributed by atoms with Crippen molar-refractivity contribution in [3.63, 3.8) is 0 Å². The van der Waals surface area contributed by atoms with Crippen molar-refractivity contribution in [2.24, 2.45) is 5.41 Å². The molecule has 0 radical (unpaired) electrons. The van der Waals surface area contributed by atoms with Crippen molar-refractivity contribution in [1.82, 2.24) is 9.88 Å². The quantitative estimate of drug-likeness (QED) is 0.910. The van der Waals surface area contributed by atoms with Gasteiger partial charge in [-0.3, -0.25) is 9.78 Å². The molecular weight excluding hydrogens is 238 g/mol. The maximum atomic E-state index is 12.6. The second-order valence-corrected chi connectivity index (χ2v) is 5.95. The fourth-order valence-electron chi connectivity index (χ4n) is 2.68. The largest absolute Gasteiger partial charge is 0.383 e. The van der Waals surface area contributed by atoms with E-state index >= 15 is 0 Å². The summed E-state index contributed by atoms with van der Waals surface area (Å²) in [5.41, 5.74) is 1.78. The number of aromatic nitrogens is 1. The second-order valence-electron chi connectivity index (χ2n) is 5.95. The summed E-state index contributed by atoms with van der Waals surface area (Å²) in [6.07, 6.45) is 5.68. The summed E-state index contributed by atoms with van der Waals surface area (Å²) in [5.74, 6) is 0.117. The van der Waals surface area contributed by atoms with Crippen LogP contribution in [0.5, 0.6) is 0 Å². The molecule has 1 aromatic rings. The van der Waals surface area contributed by atoms with E-state index in [1.165, 1.54) is 6.42 Å². The van der Waals surface area contributed by atoms with Gasteiger partial charge in [0, 0.05) is 25.8 Å². The zero-order chi connectivity index (χ0) is 13.9. The van der Waals surface area contributed by atoms with Crippen molar-refractivity contribution in [2.45, 2.75) is 33.6 Å². The molecule has 2 heterocycles. The van der Waals surface area contributed by atoms with Gasteiger partial charge in [0.1, 0.15) is 0 Å². The van der Waals surface area contributed by atoms with E-state index in [2.05, 4.69) is 24.1 Å². The van der Waals surface area contributed by atoms with E-state index in [1.54, 1.807) is 12.4 Å². The Labute approximate surface area is 115 Å². The highest BCUT2D eigenvalue weighted by Gasteiger charge is 2.30. The van der Waals surface area contributed by atoms with Crippen molar-refractivity contribution in [3.8, 4) is 0 Å². The zero-order valence-corrected chi connectivity index (χ0v) is 12.1. The van der Waals surface area contributed by atoms with Crippen molar-refractivity contribution in [1.29, 1.82) is 0 Å². The Morgan fingerprint density at radius 3 is 3.00 bits per heavy atom. The van der Waals surface area contributed by atoms with Gasteiger partial charge in [-0.25, -0.2) is 0 Å². The van der Waals surface area contributed by atoms with Crippen LogP contribution in [-0.4, -0.2) is 35.4 Å². The number of nitrogens with one attached hydrogen (secondary N) is 1. The van der Waals surface area contributed by atoms with Crippen LogP contribution in [-0.2, 0) is 0 Å². The van der Waals surface area contributed by atoms with Gasteiger partial charge in [-0.1, -0.05) is 13.8 Å². The average molecular weight is 261 g/mol. The van der Waals surface area contributed by atoms with Crippen LogP contribution in [0.2, 0.25) is 0 Å². The van der Waals surface area contributed by atoms with E-state index in [0.29, 0.717) is 0 Å². The molecule has 1 saturated heterocycles. The summed E-state index contributed by atoms with van der Waals surface area (Å²) in [7, 11) is 0. The van der Waals surface area contributed by atoms with Gasteiger partial charge < -0.3 is 10.2 Å². The van der Waals surface area contributed by atoms with E-state index in [-0.39, 0.29) is 11.3 Å². The summed E-state index contributed by atoms with van der Waals surface area (Å²) >= 11 is 0. The highest BCUT2D eigenvalue weighted by Crippen LogP contribution is 2.30. The molecule has 4 nitrogen and oxygen atoms in total. The van der Waals surface area contributed by atoms with Crippen LogP contribution < -0.4 is 5.32 Å². The average Bonchev–Trinajstić information content (AvgIpc) is 2.38. The van der Waals surface area contributed by atoms with E-state index in [4.69, 9.17) is 0 Å². The monoisotopic (exact) mass is 261 g/mol.